The molecule has 0 atom stereocenters. The first-order chi connectivity index (χ1) is 10.2. The third-order valence-electron chi connectivity index (χ3n) is 4.04. The van der Waals surface area contributed by atoms with E-state index in [1.165, 1.54) is 17.2 Å². The maximum absolute atomic E-state index is 14.0. The molecule has 1 aliphatic rings. The summed E-state index contributed by atoms with van der Waals surface area (Å²) < 4.78 is 19.1. The Balaban J connectivity index is 1.75. The van der Waals surface area contributed by atoms with E-state index >= 15 is 0 Å². The van der Waals surface area contributed by atoms with Gasteiger partial charge in [-0.3, -0.25) is 4.90 Å². The molecule has 0 radical (unpaired) electrons. The monoisotopic (exact) mass is 286 g/mol. The fourth-order valence-corrected chi connectivity index (χ4v) is 2.86. The van der Waals surface area contributed by atoms with Crippen LogP contribution in [0.4, 0.5) is 10.1 Å². The van der Waals surface area contributed by atoms with Gasteiger partial charge in [-0.05, 0) is 29.7 Å². The lowest BCUT2D eigenvalue weighted by molar-refractivity contribution is 0.242. The van der Waals surface area contributed by atoms with Crippen molar-refractivity contribution in [2.24, 2.45) is 0 Å². The fraction of sp³-hybridized carbons (Fsp3) is 0.294. The Kier molecular flexibility index (Phi) is 3.80. The van der Waals surface area contributed by atoms with Gasteiger partial charge in [0, 0.05) is 37.0 Å². The molecule has 2 N–H and O–H groups in total. The predicted molar refractivity (Wildman–Crippen MR) is 81.6 cm³/mol. The van der Waals surface area contributed by atoms with E-state index in [9.17, 15) is 4.39 Å². The summed E-state index contributed by atoms with van der Waals surface area (Å²) in [5.41, 5.74) is 10.0. The number of benzene rings is 2. The van der Waals surface area contributed by atoms with Crippen LogP contribution in [0.25, 0.3) is 0 Å². The van der Waals surface area contributed by atoms with Crippen molar-refractivity contribution in [2.45, 2.75) is 19.5 Å². The first kappa shape index (κ1) is 13.9. The van der Waals surface area contributed by atoms with Gasteiger partial charge in [0.05, 0.1) is 7.11 Å². The van der Waals surface area contributed by atoms with Gasteiger partial charge < -0.3 is 10.5 Å². The van der Waals surface area contributed by atoms with Gasteiger partial charge in [0.1, 0.15) is 11.6 Å². The molecule has 0 amide bonds. The summed E-state index contributed by atoms with van der Waals surface area (Å²) in [6.45, 7) is 2.31. The Hall–Kier alpha value is -2.07. The number of halogens is 1. The van der Waals surface area contributed by atoms with Crippen LogP contribution in [0.5, 0.6) is 5.75 Å². The largest absolute Gasteiger partial charge is 0.497 e. The van der Waals surface area contributed by atoms with Crippen molar-refractivity contribution >= 4 is 5.69 Å². The Morgan fingerprint density at radius 2 is 2.14 bits per heavy atom. The van der Waals surface area contributed by atoms with Crippen LogP contribution in [0.2, 0.25) is 0 Å². The summed E-state index contributed by atoms with van der Waals surface area (Å²) >= 11 is 0. The van der Waals surface area contributed by atoms with Gasteiger partial charge in [0.15, 0.2) is 0 Å². The van der Waals surface area contributed by atoms with E-state index in [0.717, 1.165) is 25.2 Å². The lowest BCUT2D eigenvalue weighted by Crippen LogP contribution is -2.30. The Morgan fingerprint density at radius 3 is 2.90 bits per heavy atom. The molecule has 0 saturated heterocycles. The molecule has 21 heavy (non-hydrogen) atoms. The highest BCUT2D eigenvalue weighted by Crippen LogP contribution is 2.26. The SMILES string of the molecule is COc1ccc(CN2CCc3c(N)cccc3C2)c(F)c1. The van der Waals surface area contributed by atoms with Gasteiger partial charge >= 0.3 is 0 Å². The topological polar surface area (TPSA) is 38.5 Å². The molecule has 110 valence electrons. The molecule has 3 rings (SSSR count). The second-order valence-corrected chi connectivity index (χ2v) is 5.40. The minimum Gasteiger partial charge on any atom is -0.497 e. The van der Waals surface area contributed by atoms with E-state index < -0.39 is 0 Å². The van der Waals surface area contributed by atoms with E-state index in [4.69, 9.17) is 10.5 Å². The normalized spacial score (nSPS) is 14.8. The average Bonchev–Trinajstić information content (AvgIpc) is 2.49. The molecular weight excluding hydrogens is 267 g/mol. The highest BCUT2D eigenvalue weighted by Gasteiger charge is 2.19. The van der Waals surface area contributed by atoms with Gasteiger partial charge in [-0.15, -0.1) is 0 Å². The van der Waals surface area contributed by atoms with Crippen LogP contribution in [0.1, 0.15) is 16.7 Å². The molecule has 1 heterocycles. The van der Waals surface area contributed by atoms with Crippen LogP contribution < -0.4 is 10.5 Å². The maximum Gasteiger partial charge on any atom is 0.131 e. The molecule has 0 saturated carbocycles. The van der Waals surface area contributed by atoms with Crippen molar-refractivity contribution < 1.29 is 9.13 Å². The Labute approximate surface area is 124 Å². The molecule has 0 fully saturated rings. The standard InChI is InChI=1S/C17H19FN2O/c1-21-14-6-5-13(16(18)9-14)11-20-8-7-15-12(10-20)3-2-4-17(15)19/h2-6,9H,7-8,10-11,19H2,1H3. The minimum atomic E-state index is -0.215. The number of ether oxygens (including phenoxy) is 1. The Bertz CT molecular complexity index is 657. The van der Waals surface area contributed by atoms with Crippen LogP contribution in [0.15, 0.2) is 36.4 Å². The Morgan fingerprint density at radius 1 is 1.29 bits per heavy atom. The number of hydrogen-bond acceptors (Lipinski definition) is 3. The van der Waals surface area contributed by atoms with Crippen molar-refractivity contribution in [1.29, 1.82) is 0 Å². The summed E-state index contributed by atoms with van der Waals surface area (Å²) in [6.07, 6.45) is 0.916. The summed E-state index contributed by atoms with van der Waals surface area (Å²) in [5.74, 6) is 0.334. The van der Waals surface area contributed by atoms with Gasteiger partial charge in [-0.1, -0.05) is 18.2 Å². The van der Waals surface area contributed by atoms with Crippen LogP contribution in [-0.4, -0.2) is 18.6 Å². The van der Waals surface area contributed by atoms with Crippen LogP contribution in [0.3, 0.4) is 0 Å². The third-order valence-corrected chi connectivity index (χ3v) is 4.04. The first-order valence-corrected chi connectivity index (χ1v) is 7.08. The second kappa shape index (κ2) is 5.74. The smallest absolute Gasteiger partial charge is 0.131 e. The van der Waals surface area contributed by atoms with Crippen molar-refractivity contribution in [3.8, 4) is 5.75 Å². The summed E-state index contributed by atoms with van der Waals surface area (Å²) in [5, 5.41) is 0. The average molecular weight is 286 g/mol. The second-order valence-electron chi connectivity index (χ2n) is 5.40. The zero-order valence-electron chi connectivity index (χ0n) is 12.1. The summed E-state index contributed by atoms with van der Waals surface area (Å²) in [6, 6.07) is 11.0. The number of hydrogen-bond donors (Lipinski definition) is 1. The predicted octanol–water partition coefficient (Wildman–Crippen LogP) is 2.97. The number of methoxy groups -OCH3 is 1. The number of nitrogens with two attached hydrogens (primary N) is 1. The molecule has 3 nitrogen and oxygen atoms in total. The van der Waals surface area contributed by atoms with Crippen molar-refractivity contribution in [1.82, 2.24) is 4.90 Å². The molecule has 0 aliphatic carbocycles. The van der Waals surface area contributed by atoms with Gasteiger partial charge in [-0.2, -0.15) is 0 Å². The maximum atomic E-state index is 14.0. The molecule has 0 unspecified atom stereocenters. The summed E-state index contributed by atoms with van der Waals surface area (Å²) in [7, 11) is 1.54. The number of fused-ring (bicyclic) bond motifs is 1. The molecule has 0 spiro atoms. The molecule has 2 aromatic carbocycles. The van der Waals surface area contributed by atoms with Gasteiger partial charge in [0.2, 0.25) is 0 Å². The number of nitrogens with zero attached hydrogens (tertiary/aromatic N) is 1. The molecule has 2 aromatic rings. The van der Waals surface area contributed by atoms with Crippen LogP contribution >= 0.6 is 0 Å². The quantitative estimate of drug-likeness (QED) is 0.882. The number of nitrogen functional groups attached to an aromatic ring is 1. The molecule has 0 aromatic heterocycles. The number of anilines is 1. The summed E-state index contributed by atoms with van der Waals surface area (Å²) in [4.78, 5) is 2.24. The molecule has 0 bridgehead atoms. The van der Waals surface area contributed by atoms with E-state index in [0.29, 0.717) is 17.9 Å². The van der Waals surface area contributed by atoms with Crippen LogP contribution in [0, 0.1) is 5.82 Å². The number of rotatable bonds is 3. The van der Waals surface area contributed by atoms with E-state index in [-0.39, 0.29) is 5.82 Å². The van der Waals surface area contributed by atoms with Gasteiger partial charge in [0.25, 0.3) is 0 Å². The lowest BCUT2D eigenvalue weighted by Gasteiger charge is -2.29. The van der Waals surface area contributed by atoms with E-state index in [1.807, 2.05) is 12.1 Å². The van der Waals surface area contributed by atoms with Crippen molar-refractivity contribution in [3.63, 3.8) is 0 Å². The molecule has 1 aliphatic heterocycles. The van der Waals surface area contributed by atoms with Gasteiger partial charge in [-0.25, -0.2) is 4.39 Å². The highest BCUT2D eigenvalue weighted by molar-refractivity contribution is 5.51. The fourth-order valence-electron chi connectivity index (χ4n) is 2.86. The van der Waals surface area contributed by atoms with Crippen molar-refractivity contribution in [2.75, 3.05) is 19.4 Å². The first-order valence-electron chi connectivity index (χ1n) is 7.08. The highest BCUT2D eigenvalue weighted by atomic mass is 19.1. The lowest BCUT2D eigenvalue weighted by atomic mass is 9.97. The zero-order chi connectivity index (χ0) is 14.8. The van der Waals surface area contributed by atoms with Crippen molar-refractivity contribution in [3.05, 3.63) is 58.9 Å². The van der Waals surface area contributed by atoms with E-state index in [2.05, 4.69) is 11.0 Å². The zero-order valence-corrected chi connectivity index (χ0v) is 12.1. The van der Waals surface area contributed by atoms with E-state index in [1.54, 1.807) is 19.2 Å². The molecule has 4 heteroatoms. The third kappa shape index (κ3) is 2.85. The van der Waals surface area contributed by atoms with Crippen LogP contribution in [-0.2, 0) is 19.5 Å². The minimum absolute atomic E-state index is 0.215. The molecular formula is C17H19FN2O.